The fraction of sp³-hybridized carbons (Fsp3) is 0.222. The summed E-state index contributed by atoms with van der Waals surface area (Å²) in [7, 11) is 2.32. The highest BCUT2D eigenvalue weighted by molar-refractivity contribution is 5.96. The fourth-order valence-corrected chi connectivity index (χ4v) is 1.21. The lowest BCUT2D eigenvalue weighted by Crippen LogP contribution is -2.03. The van der Waals surface area contributed by atoms with Crippen LogP contribution >= 0.6 is 0 Å². The van der Waals surface area contributed by atoms with Crippen molar-refractivity contribution in [2.24, 2.45) is 5.18 Å². The molecule has 0 saturated heterocycles. The maximum absolute atomic E-state index is 11.3. The van der Waals surface area contributed by atoms with Crippen molar-refractivity contribution < 1.29 is 19.2 Å². The summed E-state index contributed by atoms with van der Waals surface area (Å²) < 4.78 is 9.16. The van der Waals surface area contributed by atoms with E-state index in [-0.39, 0.29) is 17.0 Å². The fourth-order valence-electron chi connectivity index (χ4n) is 1.21. The number of esters is 1. The summed E-state index contributed by atoms with van der Waals surface area (Å²) in [6.07, 6.45) is 0. The van der Waals surface area contributed by atoms with E-state index in [0.29, 0.717) is 0 Å². The standard InChI is InChI=1S/C9H8N2O6/c1-16-8-3-5(9(12)17-2)6(10-13)4-7(8)11(14)15/h3-4H,1-2H3. The van der Waals surface area contributed by atoms with Gasteiger partial charge in [0.1, 0.15) is 5.69 Å². The molecule has 0 spiro atoms. The van der Waals surface area contributed by atoms with Crippen LogP contribution in [0.2, 0.25) is 0 Å². The maximum Gasteiger partial charge on any atom is 0.340 e. The van der Waals surface area contributed by atoms with Crippen LogP contribution in [0.15, 0.2) is 17.3 Å². The first-order valence-corrected chi connectivity index (χ1v) is 4.33. The minimum absolute atomic E-state index is 0.150. The van der Waals surface area contributed by atoms with E-state index in [1.54, 1.807) is 0 Å². The number of hydrogen-bond donors (Lipinski definition) is 0. The molecule has 0 aliphatic rings. The Bertz CT molecular complexity index is 485. The van der Waals surface area contributed by atoms with Crippen molar-refractivity contribution in [2.75, 3.05) is 14.2 Å². The van der Waals surface area contributed by atoms with Crippen LogP contribution in [0.25, 0.3) is 0 Å². The van der Waals surface area contributed by atoms with Crippen LogP contribution < -0.4 is 4.74 Å². The third-order valence-corrected chi connectivity index (χ3v) is 2.00. The summed E-state index contributed by atoms with van der Waals surface area (Å²) in [6, 6.07) is 1.90. The number of benzene rings is 1. The average Bonchev–Trinajstić information content (AvgIpc) is 2.35. The highest BCUT2D eigenvalue weighted by atomic mass is 16.6. The first-order valence-electron chi connectivity index (χ1n) is 4.33. The summed E-state index contributed by atoms with van der Waals surface area (Å²) in [4.78, 5) is 31.7. The molecule has 0 bridgehead atoms. The number of carbonyl (C=O) groups is 1. The Hall–Kier alpha value is -2.51. The van der Waals surface area contributed by atoms with E-state index in [1.165, 1.54) is 7.11 Å². The van der Waals surface area contributed by atoms with E-state index in [0.717, 1.165) is 19.2 Å². The number of rotatable bonds is 4. The van der Waals surface area contributed by atoms with Crippen molar-refractivity contribution in [3.63, 3.8) is 0 Å². The molecule has 17 heavy (non-hydrogen) atoms. The van der Waals surface area contributed by atoms with E-state index >= 15 is 0 Å². The molecule has 1 aromatic carbocycles. The first kappa shape index (κ1) is 12.6. The molecule has 0 amide bonds. The van der Waals surface area contributed by atoms with Gasteiger partial charge >= 0.3 is 11.7 Å². The molecule has 1 aromatic rings. The van der Waals surface area contributed by atoms with E-state index in [2.05, 4.69) is 9.91 Å². The lowest BCUT2D eigenvalue weighted by molar-refractivity contribution is -0.385. The van der Waals surface area contributed by atoms with Crippen molar-refractivity contribution >= 4 is 17.3 Å². The van der Waals surface area contributed by atoms with Gasteiger partial charge in [-0.3, -0.25) is 10.1 Å². The minimum Gasteiger partial charge on any atom is -0.490 e. The topological polar surface area (TPSA) is 108 Å². The average molecular weight is 240 g/mol. The second-order valence-electron chi connectivity index (χ2n) is 2.88. The summed E-state index contributed by atoms with van der Waals surface area (Å²) in [6.45, 7) is 0. The lowest BCUT2D eigenvalue weighted by Gasteiger charge is -2.05. The molecule has 1 rings (SSSR count). The SMILES string of the molecule is COC(=O)c1cc(OC)c([N+](=O)[O-])cc1N=O. The maximum atomic E-state index is 11.3. The molecule has 90 valence electrons. The zero-order valence-corrected chi connectivity index (χ0v) is 9.00. The smallest absolute Gasteiger partial charge is 0.340 e. The number of carbonyl (C=O) groups excluding carboxylic acids is 1. The minimum atomic E-state index is -0.826. The predicted octanol–water partition coefficient (Wildman–Crippen LogP) is 1.79. The van der Waals surface area contributed by atoms with Crippen LogP contribution in [0.4, 0.5) is 11.4 Å². The molecule has 0 heterocycles. The Labute approximate surface area is 95.3 Å². The molecule has 0 aliphatic heterocycles. The van der Waals surface area contributed by atoms with Gasteiger partial charge < -0.3 is 9.47 Å². The third kappa shape index (κ3) is 2.36. The van der Waals surface area contributed by atoms with Gasteiger partial charge in [-0.1, -0.05) is 0 Å². The monoisotopic (exact) mass is 240 g/mol. The van der Waals surface area contributed by atoms with Gasteiger partial charge in [0.15, 0.2) is 5.75 Å². The van der Waals surface area contributed by atoms with Crippen LogP contribution in [0.1, 0.15) is 10.4 Å². The van der Waals surface area contributed by atoms with E-state index < -0.39 is 16.6 Å². The number of nitro groups is 1. The van der Waals surface area contributed by atoms with Crippen molar-refractivity contribution in [1.29, 1.82) is 0 Å². The van der Waals surface area contributed by atoms with Gasteiger partial charge in [-0.05, 0) is 5.18 Å². The van der Waals surface area contributed by atoms with Crippen molar-refractivity contribution in [3.05, 3.63) is 32.7 Å². The van der Waals surface area contributed by atoms with Gasteiger partial charge in [0.2, 0.25) is 0 Å². The zero-order chi connectivity index (χ0) is 13.0. The molecule has 8 nitrogen and oxygen atoms in total. The number of nitrogens with zero attached hydrogens (tertiary/aromatic N) is 2. The number of ether oxygens (including phenoxy) is 2. The van der Waals surface area contributed by atoms with E-state index in [1.807, 2.05) is 0 Å². The summed E-state index contributed by atoms with van der Waals surface area (Å²) in [5, 5.41) is 13.2. The summed E-state index contributed by atoms with van der Waals surface area (Å²) in [5.74, 6) is -0.976. The van der Waals surface area contributed by atoms with Crippen molar-refractivity contribution in [3.8, 4) is 5.75 Å². The molecular formula is C9H8N2O6. The molecule has 0 N–H and O–H groups in total. The molecule has 8 heteroatoms. The predicted molar refractivity (Wildman–Crippen MR) is 56.4 cm³/mol. The Morgan fingerprint density at radius 1 is 1.41 bits per heavy atom. The van der Waals surface area contributed by atoms with Crippen LogP contribution in [0, 0.1) is 15.0 Å². The van der Waals surface area contributed by atoms with Crippen molar-refractivity contribution in [2.45, 2.75) is 0 Å². The van der Waals surface area contributed by atoms with E-state index in [4.69, 9.17) is 4.74 Å². The molecule has 0 fully saturated rings. The van der Waals surface area contributed by atoms with Crippen LogP contribution in [-0.2, 0) is 4.74 Å². The molecule has 0 unspecified atom stereocenters. The summed E-state index contributed by atoms with van der Waals surface area (Å²) >= 11 is 0. The van der Waals surface area contributed by atoms with Gasteiger partial charge in [0.05, 0.1) is 30.8 Å². The zero-order valence-electron chi connectivity index (χ0n) is 9.00. The van der Waals surface area contributed by atoms with Gasteiger partial charge in [-0.25, -0.2) is 4.79 Å². The number of hydrogen-bond acceptors (Lipinski definition) is 7. The highest BCUT2D eigenvalue weighted by Gasteiger charge is 2.23. The second kappa shape index (κ2) is 5.01. The Morgan fingerprint density at radius 3 is 2.47 bits per heavy atom. The highest BCUT2D eigenvalue weighted by Crippen LogP contribution is 2.34. The number of nitroso groups, excluding NO2 is 1. The normalized spacial score (nSPS) is 9.53. The summed E-state index contributed by atoms with van der Waals surface area (Å²) in [5.41, 5.74) is -1.01. The van der Waals surface area contributed by atoms with Crippen molar-refractivity contribution in [1.82, 2.24) is 0 Å². The third-order valence-electron chi connectivity index (χ3n) is 2.00. The molecule has 0 aliphatic carbocycles. The molecule has 0 atom stereocenters. The van der Waals surface area contributed by atoms with Gasteiger partial charge in [0, 0.05) is 6.07 Å². The molecular weight excluding hydrogens is 232 g/mol. The quantitative estimate of drug-likeness (QED) is 0.343. The Morgan fingerprint density at radius 2 is 2.06 bits per heavy atom. The van der Waals surface area contributed by atoms with Gasteiger partial charge in [0.25, 0.3) is 0 Å². The second-order valence-corrected chi connectivity index (χ2v) is 2.88. The first-order chi connectivity index (χ1) is 8.04. The van der Waals surface area contributed by atoms with Gasteiger partial charge in [-0.2, -0.15) is 0 Å². The Balaban J connectivity index is 3.48. The van der Waals surface area contributed by atoms with Crippen LogP contribution in [0.3, 0.4) is 0 Å². The number of nitro benzene ring substituents is 1. The van der Waals surface area contributed by atoms with Crippen LogP contribution in [-0.4, -0.2) is 25.1 Å². The molecule has 0 aromatic heterocycles. The molecule has 0 radical (unpaired) electrons. The van der Waals surface area contributed by atoms with Crippen LogP contribution in [0.5, 0.6) is 5.75 Å². The van der Waals surface area contributed by atoms with Gasteiger partial charge in [-0.15, -0.1) is 4.91 Å². The lowest BCUT2D eigenvalue weighted by atomic mass is 10.1. The molecule has 0 saturated carbocycles. The Kier molecular flexibility index (Phi) is 3.70. The van der Waals surface area contributed by atoms with E-state index in [9.17, 15) is 19.8 Å². The largest absolute Gasteiger partial charge is 0.490 e. The number of methoxy groups -OCH3 is 2.